The number of nitrogens with one attached hydrogen (secondary N) is 1. The van der Waals surface area contributed by atoms with Crippen LogP contribution in [0.4, 0.5) is 18.0 Å². The molecule has 0 aliphatic carbocycles. The molecule has 2 amide bonds. The number of alkyl halides is 2. The van der Waals surface area contributed by atoms with Crippen molar-refractivity contribution < 1.29 is 41.8 Å². The molecule has 4 rings (SSSR count). The summed E-state index contributed by atoms with van der Waals surface area (Å²) in [6.07, 6.45) is 2.63. The minimum Gasteiger partial charge on any atom is -0.497 e. The third kappa shape index (κ3) is 8.78. The number of benzene rings is 1. The van der Waals surface area contributed by atoms with E-state index in [1.165, 1.54) is 37.1 Å². The van der Waals surface area contributed by atoms with Crippen molar-refractivity contribution in [2.75, 3.05) is 20.3 Å². The lowest BCUT2D eigenvalue weighted by Crippen LogP contribution is -2.57. The Bertz CT molecular complexity index is 1500. The smallest absolute Gasteiger partial charge is 0.407 e. The zero-order valence-corrected chi connectivity index (χ0v) is 29.9. The summed E-state index contributed by atoms with van der Waals surface area (Å²) in [5, 5.41) is 2.66. The van der Waals surface area contributed by atoms with Gasteiger partial charge in [0, 0.05) is 23.8 Å². The number of ether oxygens (including phenoxy) is 3. The van der Waals surface area contributed by atoms with Gasteiger partial charge < -0.3 is 24.4 Å². The van der Waals surface area contributed by atoms with Crippen molar-refractivity contribution in [3.63, 3.8) is 0 Å². The molecule has 0 saturated carbocycles. The molecule has 1 aromatic carbocycles. The first kappa shape index (κ1) is 38.2. The minimum absolute atomic E-state index is 0.0704. The number of unbranched alkanes of at least 4 members (excludes halogenated alkanes) is 2. The lowest BCUT2D eigenvalue weighted by atomic mass is 9.85. The van der Waals surface area contributed by atoms with Gasteiger partial charge in [-0.05, 0) is 56.1 Å². The Hall–Kier alpha value is -3.57. The van der Waals surface area contributed by atoms with Crippen LogP contribution >= 0.6 is 0 Å². The van der Waals surface area contributed by atoms with E-state index < -0.39 is 71.1 Å². The number of carbonyl (C=O) groups is 3. The van der Waals surface area contributed by atoms with Crippen LogP contribution in [0.25, 0.3) is 10.9 Å². The van der Waals surface area contributed by atoms with Gasteiger partial charge in [-0.2, -0.15) is 0 Å². The summed E-state index contributed by atoms with van der Waals surface area (Å²) in [5.74, 6) is -6.53. The standard InChI is InChI=1S/C37H52F3N3O6/c1-8-10-11-14-23-15-12-13-18-37(39,40)29-30(38)26-17-16-24(47-7)19-27(26)41-33(29)49-28-20-43(31(22(3)44)25(28)9-2)34(45)32(36(4,5)6)42-35(46)48-21-23/h16-17,19,23,25,28,31-32H,8-15,18,20-21H2,1-7H3,(H,42,46)/t23-,25?,28-,31+,32+/m0/s1. The highest BCUT2D eigenvalue weighted by atomic mass is 19.3. The zero-order chi connectivity index (χ0) is 36.1. The number of Topliss-reactive ketones (excluding diaryl/α,β-unsaturated/α-hetero) is 1. The monoisotopic (exact) mass is 691 g/mol. The molecule has 2 bridgehead atoms. The van der Waals surface area contributed by atoms with Crippen molar-refractivity contribution in [1.29, 1.82) is 0 Å². The van der Waals surface area contributed by atoms with Gasteiger partial charge in [0.1, 0.15) is 29.3 Å². The quantitative estimate of drug-likeness (QED) is 0.294. The third-order valence-corrected chi connectivity index (χ3v) is 9.89. The van der Waals surface area contributed by atoms with E-state index in [0.29, 0.717) is 25.0 Å². The normalized spacial score (nSPS) is 25.4. The van der Waals surface area contributed by atoms with E-state index in [9.17, 15) is 14.4 Å². The number of hydrogen-bond donors (Lipinski definition) is 1. The number of halogens is 3. The van der Waals surface area contributed by atoms with Gasteiger partial charge in [-0.3, -0.25) is 9.59 Å². The van der Waals surface area contributed by atoms with E-state index in [4.69, 9.17) is 14.2 Å². The molecule has 1 unspecified atom stereocenters. The Morgan fingerprint density at radius 2 is 1.90 bits per heavy atom. The molecular weight excluding hydrogens is 639 g/mol. The number of ketones is 1. The number of nitrogens with zero attached hydrogens (tertiary/aromatic N) is 2. The molecule has 5 atom stereocenters. The summed E-state index contributed by atoms with van der Waals surface area (Å²) in [6.45, 7) is 10.5. The van der Waals surface area contributed by atoms with Crippen molar-refractivity contribution in [1.82, 2.24) is 15.2 Å². The molecule has 12 heteroatoms. The van der Waals surface area contributed by atoms with Crippen LogP contribution in [0.15, 0.2) is 18.2 Å². The highest BCUT2D eigenvalue weighted by molar-refractivity contribution is 5.92. The molecule has 1 aromatic heterocycles. The molecule has 0 radical (unpaired) electrons. The fraction of sp³-hybridized carbons (Fsp3) is 0.676. The van der Waals surface area contributed by atoms with E-state index in [2.05, 4.69) is 17.2 Å². The topological polar surface area (TPSA) is 107 Å². The fourth-order valence-corrected chi connectivity index (χ4v) is 7.16. The average molecular weight is 692 g/mol. The van der Waals surface area contributed by atoms with Gasteiger partial charge in [-0.25, -0.2) is 22.9 Å². The van der Waals surface area contributed by atoms with Gasteiger partial charge in [-0.15, -0.1) is 0 Å². The van der Waals surface area contributed by atoms with Crippen LogP contribution in [-0.4, -0.2) is 66.1 Å². The molecule has 1 fully saturated rings. The van der Waals surface area contributed by atoms with E-state index in [1.54, 1.807) is 20.8 Å². The maximum atomic E-state index is 16.3. The number of amides is 2. The summed E-state index contributed by atoms with van der Waals surface area (Å²) < 4.78 is 66.0. The molecule has 0 spiro atoms. The van der Waals surface area contributed by atoms with Gasteiger partial charge in [0.15, 0.2) is 5.78 Å². The maximum Gasteiger partial charge on any atom is 0.407 e. The second-order valence-corrected chi connectivity index (χ2v) is 14.6. The number of cyclic esters (lactones) is 1. The molecule has 9 nitrogen and oxygen atoms in total. The predicted octanol–water partition coefficient (Wildman–Crippen LogP) is 7.96. The average Bonchev–Trinajstić information content (AvgIpc) is 3.41. The summed E-state index contributed by atoms with van der Waals surface area (Å²) >= 11 is 0. The van der Waals surface area contributed by atoms with E-state index in [-0.39, 0.29) is 42.2 Å². The number of pyridine rings is 1. The van der Waals surface area contributed by atoms with E-state index in [1.807, 2.05) is 6.92 Å². The van der Waals surface area contributed by atoms with Crippen molar-refractivity contribution >= 4 is 28.7 Å². The highest BCUT2D eigenvalue weighted by Gasteiger charge is 2.51. The SMILES string of the molecule is CCCCC[C@H]1CCCCC(F)(F)c2c(nc3cc(OC)ccc3c2F)O[C@H]2CN(C(=O)[C@H](C(C)(C)C)NC(=O)OC1)[C@H](C(C)=O)C2CC. The van der Waals surface area contributed by atoms with E-state index >= 15 is 13.2 Å². The molecular formula is C37H52F3N3O6. The molecule has 49 heavy (non-hydrogen) atoms. The number of aromatic nitrogens is 1. The Labute approximate surface area is 287 Å². The van der Waals surface area contributed by atoms with Crippen LogP contribution in [0.3, 0.4) is 0 Å². The minimum atomic E-state index is -3.65. The molecule has 1 saturated heterocycles. The maximum absolute atomic E-state index is 16.3. The molecule has 2 aliphatic rings. The number of alkyl carbamates (subject to hydrolysis) is 1. The number of carbonyl (C=O) groups excluding carboxylic acids is 3. The van der Waals surface area contributed by atoms with Gasteiger partial charge in [0.25, 0.3) is 5.92 Å². The summed E-state index contributed by atoms with van der Waals surface area (Å²) in [4.78, 5) is 46.4. The number of methoxy groups -OCH3 is 1. The Balaban J connectivity index is 1.84. The van der Waals surface area contributed by atoms with Crippen molar-refractivity contribution in [3.8, 4) is 11.6 Å². The largest absolute Gasteiger partial charge is 0.497 e. The Morgan fingerprint density at radius 3 is 2.53 bits per heavy atom. The van der Waals surface area contributed by atoms with Crippen LogP contribution in [0.5, 0.6) is 11.6 Å². The fourth-order valence-electron chi connectivity index (χ4n) is 7.16. The third-order valence-electron chi connectivity index (χ3n) is 9.89. The van der Waals surface area contributed by atoms with Crippen LogP contribution in [-0.2, 0) is 20.2 Å². The van der Waals surface area contributed by atoms with Crippen molar-refractivity contribution in [2.24, 2.45) is 17.3 Å². The molecule has 2 aromatic rings. The lowest BCUT2D eigenvalue weighted by molar-refractivity contribution is -0.141. The van der Waals surface area contributed by atoms with Crippen molar-refractivity contribution in [2.45, 2.75) is 123 Å². The second-order valence-electron chi connectivity index (χ2n) is 14.6. The molecule has 3 heterocycles. The lowest BCUT2D eigenvalue weighted by Gasteiger charge is -2.35. The second kappa shape index (κ2) is 16.0. The van der Waals surface area contributed by atoms with Gasteiger partial charge >= 0.3 is 6.09 Å². The number of fused-ring (bicyclic) bond motifs is 4. The van der Waals surface area contributed by atoms with Crippen molar-refractivity contribution in [3.05, 3.63) is 29.6 Å². The van der Waals surface area contributed by atoms with Crippen LogP contribution in [0, 0.1) is 23.1 Å². The van der Waals surface area contributed by atoms with E-state index in [0.717, 1.165) is 25.7 Å². The predicted molar refractivity (Wildman–Crippen MR) is 180 cm³/mol. The first-order chi connectivity index (χ1) is 23.1. The number of hydrogen-bond acceptors (Lipinski definition) is 7. The first-order valence-corrected chi connectivity index (χ1v) is 17.6. The van der Waals surface area contributed by atoms with Crippen LogP contribution in [0.2, 0.25) is 0 Å². The van der Waals surface area contributed by atoms with Crippen LogP contribution in [0.1, 0.15) is 105 Å². The molecule has 2 aliphatic heterocycles. The first-order valence-electron chi connectivity index (χ1n) is 17.6. The van der Waals surface area contributed by atoms with Gasteiger partial charge in [-0.1, -0.05) is 60.3 Å². The van der Waals surface area contributed by atoms with Gasteiger partial charge in [0.05, 0.1) is 31.8 Å². The number of rotatable bonds is 7. The van der Waals surface area contributed by atoms with Crippen LogP contribution < -0.4 is 14.8 Å². The molecule has 272 valence electrons. The molecule has 1 N–H and O–H groups in total. The Morgan fingerprint density at radius 1 is 1.16 bits per heavy atom. The summed E-state index contributed by atoms with van der Waals surface area (Å²) in [7, 11) is 1.43. The summed E-state index contributed by atoms with van der Waals surface area (Å²) in [6, 6.07) is 2.25. The summed E-state index contributed by atoms with van der Waals surface area (Å²) in [5.41, 5.74) is -1.65. The Kier molecular flexibility index (Phi) is 12.5. The highest BCUT2D eigenvalue weighted by Crippen LogP contribution is 2.44. The van der Waals surface area contributed by atoms with Gasteiger partial charge in [0.2, 0.25) is 11.8 Å². The zero-order valence-electron chi connectivity index (χ0n) is 29.9.